The van der Waals surface area contributed by atoms with Crippen molar-refractivity contribution in [2.75, 3.05) is 19.0 Å². The lowest BCUT2D eigenvalue weighted by Gasteiger charge is -2.09. The molecule has 0 aliphatic carbocycles. The first-order valence-electron chi connectivity index (χ1n) is 7.48. The molecule has 5 nitrogen and oxygen atoms in total. The number of anilines is 1. The van der Waals surface area contributed by atoms with Gasteiger partial charge >= 0.3 is 0 Å². The Labute approximate surface area is 135 Å². The van der Waals surface area contributed by atoms with Crippen molar-refractivity contribution in [3.63, 3.8) is 0 Å². The molecule has 0 aromatic heterocycles. The average molecular weight is 312 g/mol. The zero-order valence-corrected chi connectivity index (χ0v) is 13.3. The molecule has 2 aromatic rings. The van der Waals surface area contributed by atoms with Crippen LogP contribution in [0.15, 0.2) is 48.5 Å². The summed E-state index contributed by atoms with van der Waals surface area (Å²) in [5, 5.41) is 5.60. The zero-order chi connectivity index (χ0) is 16.7. The van der Waals surface area contributed by atoms with Crippen molar-refractivity contribution in [1.82, 2.24) is 5.32 Å². The molecule has 0 spiro atoms. The molecule has 0 aliphatic heterocycles. The third kappa shape index (κ3) is 4.32. The van der Waals surface area contributed by atoms with Crippen LogP contribution in [-0.4, -0.2) is 25.5 Å². The fraction of sp³-hybridized carbons (Fsp3) is 0.222. The highest BCUT2D eigenvalue weighted by Gasteiger charge is 2.12. The lowest BCUT2D eigenvalue weighted by Crippen LogP contribution is -2.23. The van der Waals surface area contributed by atoms with Crippen molar-refractivity contribution >= 4 is 17.5 Å². The molecule has 0 heterocycles. The van der Waals surface area contributed by atoms with Crippen molar-refractivity contribution in [2.45, 2.75) is 13.3 Å². The fourth-order valence-corrected chi connectivity index (χ4v) is 2.08. The third-order valence-corrected chi connectivity index (χ3v) is 3.29. The Bertz CT molecular complexity index is 681. The van der Waals surface area contributed by atoms with E-state index in [1.165, 1.54) is 7.11 Å². The molecule has 2 N–H and O–H groups in total. The van der Waals surface area contributed by atoms with E-state index in [1.807, 2.05) is 6.92 Å². The molecule has 120 valence electrons. The molecular formula is C18H20N2O3. The smallest absolute Gasteiger partial charge is 0.259 e. The number of nitrogens with one attached hydrogen (secondary N) is 2. The summed E-state index contributed by atoms with van der Waals surface area (Å²) in [5.41, 5.74) is 1.64. The molecule has 0 radical (unpaired) electrons. The monoisotopic (exact) mass is 312 g/mol. The highest BCUT2D eigenvalue weighted by Crippen LogP contribution is 2.19. The van der Waals surface area contributed by atoms with Gasteiger partial charge in [0.2, 0.25) is 0 Å². The quantitative estimate of drug-likeness (QED) is 0.861. The number of benzene rings is 2. The second-order valence-electron chi connectivity index (χ2n) is 4.99. The van der Waals surface area contributed by atoms with E-state index >= 15 is 0 Å². The molecule has 0 bridgehead atoms. The third-order valence-electron chi connectivity index (χ3n) is 3.29. The van der Waals surface area contributed by atoms with Gasteiger partial charge in [-0.3, -0.25) is 9.59 Å². The summed E-state index contributed by atoms with van der Waals surface area (Å²) in [6.45, 7) is 2.64. The van der Waals surface area contributed by atoms with E-state index in [0.29, 0.717) is 29.1 Å². The van der Waals surface area contributed by atoms with Gasteiger partial charge < -0.3 is 15.4 Å². The van der Waals surface area contributed by atoms with Gasteiger partial charge in [-0.2, -0.15) is 0 Å². The zero-order valence-electron chi connectivity index (χ0n) is 13.3. The van der Waals surface area contributed by atoms with Crippen molar-refractivity contribution in [2.24, 2.45) is 0 Å². The second kappa shape index (κ2) is 7.98. The minimum atomic E-state index is -0.259. The number of hydrogen-bond acceptors (Lipinski definition) is 3. The largest absolute Gasteiger partial charge is 0.496 e. The van der Waals surface area contributed by atoms with Gasteiger partial charge in [0.15, 0.2) is 0 Å². The number of hydrogen-bond donors (Lipinski definition) is 2. The molecule has 23 heavy (non-hydrogen) atoms. The van der Waals surface area contributed by atoms with Crippen LogP contribution in [0.25, 0.3) is 0 Å². The number of carbonyl (C=O) groups is 2. The molecule has 5 heteroatoms. The van der Waals surface area contributed by atoms with E-state index in [0.717, 1.165) is 6.42 Å². The first-order chi connectivity index (χ1) is 11.2. The van der Waals surface area contributed by atoms with Crippen LogP contribution in [0.1, 0.15) is 34.1 Å². The molecule has 0 unspecified atom stereocenters. The number of methoxy groups -OCH3 is 1. The SMILES string of the molecule is CCCNC(=O)c1ccc(NC(=O)c2ccccc2OC)cc1. The Morgan fingerprint density at radius 3 is 2.35 bits per heavy atom. The number of amides is 2. The van der Waals surface area contributed by atoms with Gasteiger partial charge in [0.1, 0.15) is 5.75 Å². The van der Waals surface area contributed by atoms with Gasteiger partial charge in [0, 0.05) is 17.8 Å². The first kappa shape index (κ1) is 16.5. The van der Waals surface area contributed by atoms with Crippen LogP contribution in [0.3, 0.4) is 0 Å². The summed E-state index contributed by atoms with van der Waals surface area (Å²) in [6, 6.07) is 13.8. The Morgan fingerprint density at radius 2 is 1.70 bits per heavy atom. The van der Waals surface area contributed by atoms with Crippen LogP contribution in [0.2, 0.25) is 0 Å². The van der Waals surface area contributed by atoms with Gasteiger partial charge in [0.25, 0.3) is 11.8 Å². The number of carbonyl (C=O) groups excluding carboxylic acids is 2. The second-order valence-corrected chi connectivity index (χ2v) is 4.99. The van der Waals surface area contributed by atoms with Crippen molar-refractivity contribution < 1.29 is 14.3 Å². The highest BCUT2D eigenvalue weighted by molar-refractivity contribution is 6.06. The molecule has 0 saturated carbocycles. The van der Waals surface area contributed by atoms with Gasteiger partial charge in [-0.1, -0.05) is 19.1 Å². The topological polar surface area (TPSA) is 67.4 Å². The summed E-state index contributed by atoms with van der Waals surface area (Å²) in [4.78, 5) is 24.1. The predicted octanol–water partition coefficient (Wildman–Crippen LogP) is 3.09. The lowest BCUT2D eigenvalue weighted by molar-refractivity contribution is 0.0953. The van der Waals surface area contributed by atoms with Crippen LogP contribution < -0.4 is 15.4 Å². The van der Waals surface area contributed by atoms with E-state index in [2.05, 4.69) is 10.6 Å². The van der Waals surface area contributed by atoms with Crippen molar-refractivity contribution in [3.8, 4) is 5.75 Å². The predicted molar refractivity (Wildman–Crippen MR) is 90.0 cm³/mol. The van der Waals surface area contributed by atoms with E-state index in [1.54, 1.807) is 48.5 Å². The number of rotatable bonds is 6. The van der Waals surface area contributed by atoms with E-state index in [-0.39, 0.29) is 11.8 Å². The fourth-order valence-electron chi connectivity index (χ4n) is 2.08. The molecule has 0 saturated heterocycles. The molecule has 0 fully saturated rings. The van der Waals surface area contributed by atoms with Gasteiger partial charge in [-0.25, -0.2) is 0 Å². The Morgan fingerprint density at radius 1 is 1.00 bits per heavy atom. The molecule has 2 aromatic carbocycles. The lowest BCUT2D eigenvalue weighted by atomic mass is 10.1. The van der Waals surface area contributed by atoms with Gasteiger partial charge in [0.05, 0.1) is 12.7 Å². The van der Waals surface area contributed by atoms with E-state index in [9.17, 15) is 9.59 Å². The maximum atomic E-state index is 12.3. The maximum absolute atomic E-state index is 12.3. The van der Waals surface area contributed by atoms with Gasteiger partial charge in [-0.05, 0) is 42.8 Å². The molecule has 2 amide bonds. The summed E-state index contributed by atoms with van der Waals surface area (Å²) < 4.78 is 5.18. The maximum Gasteiger partial charge on any atom is 0.259 e. The van der Waals surface area contributed by atoms with Crippen LogP contribution in [0.4, 0.5) is 5.69 Å². The van der Waals surface area contributed by atoms with Crippen LogP contribution in [0.5, 0.6) is 5.75 Å². The Balaban J connectivity index is 2.06. The van der Waals surface area contributed by atoms with Crippen molar-refractivity contribution in [1.29, 1.82) is 0 Å². The summed E-state index contributed by atoms with van der Waals surface area (Å²) in [7, 11) is 1.52. The highest BCUT2D eigenvalue weighted by atomic mass is 16.5. The van der Waals surface area contributed by atoms with Crippen LogP contribution in [0, 0.1) is 0 Å². The Kier molecular flexibility index (Phi) is 5.74. The van der Waals surface area contributed by atoms with E-state index < -0.39 is 0 Å². The van der Waals surface area contributed by atoms with E-state index in [4.69, 9.17) is 4.74 Å². The summed E-state index contributed by atoms with van der Waals surface area (Å²) >= 11 is 0. The minimum absolute atomic E-state index is 0.116. The average Bonchev–Trinajstić information content (AvgIpc) is 2.60. The Hall–Kier alpha value is -2.82. The van der Waals surface area contributed by atoms with Crippen LogP contribution >= 0.6 is 0 Å². The molecule has 0 aliphatic rings. The standard InChI is InChI=1S/C18H20N2O3/c1-3-12-19-17(21)13-8-10-14(11-9-13)20-18(22)15-6-4-5-7-16(15)23-2/h4-11H,3,12H2,1-2H3,(H,19,21)(H,20,22). The number of para-hydroxylation sites is 1. The van der Waals surface area contributed by atoms with Crippen molar-refractivity contribution in [3.05, 3.63) is 59.7 Å². The molecule has 0 atom stereocenters. The normalized spacial score (nSPS) is 10.0. The molecular weight excluding hydrogens is 292 g/mol. The van der Waals surface area contributed by atoms with Crippen LogP contribution in [-0.2, 0) is 0 Å². The minimum Gasteiger partial charge on any atom is -0.496 e. The van der Waals surface area contributed by atoms with Gasteiger partial charge in [-0.15, -0.1) is 0 Å². The molecule has 2 rings (SSSR count). The summed E-state index contributed by atoms with van der Waals surface area (Å²) in [6.07, 6.45) is 0.888. The summed E-state index contributed by atoms with van der Waals surface area (Å²) in [5.74, 6) is 0.139. The first-order valence-corrected chi connectivity index (χ1v) is 7.48. The number of ether oxygens (including phenoxy) is 1.